The number of carbonyl (C=O) groups excluding carboxylic acids is 2. The van der Waals surface area contributed by atoms with E-state index in [-0.39, 0.29) is 22.7 Å². The molecule has 1 rings (SSSR count). The van der Waals surface area contributed by atoms with Crippen LogP contribution in [0.4, 0.5) is 0 Å². The summed E-state index contributed by atoms with van der Waals surface area (Å²) in [6.07, 6.45) is 0. The Hall–Kier alpha value is -1.84. The lowest BCUT2D eigenvalue weighted by Gasteiger charge is -2.05. The van der Waals surface area contributed by atoms with Crippen LogP contribution in [-0.2, 0) is 4.74 Å². The van der Waals surface area contributed by atoms with Crippen molar-refractivity contribution in [1.82, 2.24) is 0 Å². The van der Waals surface area contributed by atoms with Gasteiger partial charge in [0.1, 0.15) is 11.3 Å². The molecule has 14 heavy (non-hydrogen) atoms. The molecule has 0 saturated carbocycles. The van der Waals surface area contributed by atoms with Crippen LogP contribution >= 0.6 is 0 Å². The number of esters is 1. The summed E-state index contributed by atoms with van der Waals surface area (Å²) in [5, 5.41) is 9.54. The molecule has 1 aromatic carbocycles. The van der Waals surface area contributed by atoms with Crippen molar-refractivity contribution in [2.45, 2.75) is 6.92 Å². The normalized spacial score (nSPS) is 9.57. The zero-order chi connectivity index (χ0) is 10.7. The van der Waals surface area contributed by atoms with E-state index in [1.807, 2.05) is 0 Å². The molecule has 0 unspecified atom stereocenters. The van der Waals surface area contributed by atoms with E-state index in [9.17, 15) is 14.7 Å². The van der Waals surface area contributed by atoms with E-state index in [2.05, 4.69) is 4.74 Å². The van der Waals surface area contributed by atoms with Crippen molar-refractivity contribution >= 4 is 11.8 Å². The third kappa shape index (κ3) is 1.74. The van der Waals surface area contributed by atoms with Gasteiger partial charge in [-0.1, -0.05) is 6.07 Å². The Kier molecular flexibility index (Phi) is 2.86. The number of ketones is 1. The first-order chi connectivity index (χ1) is 6.57. The highest BCUT2D eigenvalue weighted by molar-refractivity contribution is 6.02. The average Bonchev–Trinajstić information content (AvgIpc) is 2.16. The van der Waals surface area contributed by atoms with Gasteiger partial charge in [0.2, 0.25) is 0 Å². The number of aromatic hydroxyl groups is 1. The van der Waals surface area contributed by atoms with Gasteiger partial charge >= 0.3 is 5.97 Å². The van der Waals surface area contributed by atoms with Crippen molar-refractivity contribution in [3.63, 3.8) is 0 Å². The second kappa shape index (κ2) is 3.91. The van der Waals surface area contributed by atoms with Gasteiger partial charge in [-0.25, -0.2) is 4.79 Å². The van der Waals surface area contributed by atoms with Crippen molar-refractivity contribution in [3.05, 3.63) is 29.3 Å². The van der Waals surface area contributed by atoms with Crippen LogP contribution in [-0.4, -0.2) is 24.0 Å². The van der Waals surface area contributed by atoms with E-state index < -0.39 is 5.97 Å². The Morgan fingerprint density at radius 2 is 1.86 bits per heavy atom. The molecule has 0 amide bonds. The average molecular weight is 194 g/mol. The van der Waals surface area contributed by atoms with Gasteiger partial charge in [-0.2, -0.15) is 0 Å². The molecule has 74 valence electrons. The van der Waals surface area contributed by atoms with Crippen LogP contribution in [0.15, 0.2) is 18.2 Å². The minimum Gasteiger partial charge on any atom is -0.506 e. The number of phenols is 1. The molecule has 0 aliphatic rings. The molecule has 0 heterocycles. The van der Waals surface area contributed by atoms with Crippen molar-refractivity contribution in [1.29, 1.82) is 0 Å². The third-order valence-electron chi connectivity index (χ3n) is 1.82. The number of Topliss-reactive ketones (excluding diaryl/α,β-unsaturated/α-hetero) is 1. The molecule has 1 aromatic rings. The van der Waals surface area contributed by atoms with Crippen molar-refractivity contribution in [2.24, 2.45) is 0 Å². The van der Waals surface area contributed by atoms with Crippen LogP contribution in [0, 0.1) is 0 Å². The van der Waals surface area contributed by atoms with Crippen molar-refractivity contribution in [2.75, 3.05) is 7.11 Å². The zero-order valence-corrected chi connectivity index (χ0v) is 7.90. The number of carbonyl (C=O) groups is 2. The minimum absolute atomic E-state index is 0.000185. The van der Waals surface area contributed by atoms with Gasteiger partial charge < -0.3 is 9.84 Å². The van der Waals surface area contributed by atoms with Gasteiger partial charge in [-0.3, -0.25) is 4.79 Å². The number of methoxy groups -OCH3 is 1. The van der Waals surface area contributed by atoms with Gasteiger partial charge in [0.05, 0.1) is 12.7 Å². The smallest absolute Gasteiger partial charge is 0.341 e. The van der Waals surface area contributed by atoms with Crippen LogP contribution < -0.4 is 0 Å². The molecule has 0 aliphatic carbocycles. The maximum atomic E-state index is 11.1. The molecule has 0 fully saturated rings. The summed E-state index contributed by atoms with van der Waals surface area (Å²) in [5.74, 6) is -1.29. The fourth-order valence-electron chi connectivity index (χ4n) is 1.10. The molecule has 4 nitrogen and oxygen atoms in total. The van der Waals surface area contributed by atoms with Gasteiger partial charge in [0, 0.05) is 0 Å². The van der Waals surface area contributed by atoms with Crippen LogP contribution in [0.25, 0.3) is 0 Å². The summed E-state index contributed by atoms with van der Waals surface area (Å²) in [6, 6.07) is 4.36. The van der Waals surface area contributed by atoms with Crippen molar-refractivity contribution in [3.8, 4) is 5.75 Å². The van der Waals surface area contributed by atoms with Gasteiger partial charge in [0.15, 0.2) is 5.78 Å². The number of benzene rings is 1. The van der Waals surface area contributed by atoms with Crippen LogP contribution in [0.5, 0.6) is 5.75 Å². The van der Waals surface area contributed by atoms with E-state index in [1.165, 1.54) is 32.2 Å². The molecule has 1 N–H and O–H groups in total. The van der Waals surface area contributed by atoms with Gasteiger partial charge in [-0.15, -0.1) is 0 Å². The molecular formula is C10H10O4. The Morgan fingerprint density at radius 3 is 2.36 bits per heavy atom. The first-order valence-corrected chi connectivity index (χ1v) is 3.99. The summed E-state index contributed by atoms with van der Waals surface area (Å²) >= 11 is 0. The fourth-order valence-corrected chi connectivity index (χ4v) is 1.10. The molecule has 0 aliphatic heterocycles. The SMILES string of the molecule is COC(=O)c1cccc(C(C)=O)c1O. The Bertz CT molecular complexity index is 382. The van der Waals surface area contributed by atoms with E-state index >= 15 is 0 Å². The molecule has 0 saturated heterocycles. The molecule has 0 radical (unpaired) electrons. The molecule has 0 atom stereocenters. The number of para-hydroxylation sites is 1. The highest BCUT2D eigenvalue weighted by Crippen LogP contribution is 2.23. The second-order valence-electron chi connectivity index (χ2n) is 2.75. The molecular weight excluding hydrogens is 184 g/mol. The second-order valence-corrected chi connectivity index (χ2v) is 2.75. The largest absolute Gasteiger partial charge is 0.506 e. The molecule has 0 bridgehead atoms. The number of hydrogen-bond donors (Lipinski definition) is 1. The quantitative estimate of drug-likeness (QED) is 0.570. The predicted octanol–water partition coefficient (Wildman–Crippen LogP) is 1.38. The summed E-state index contributed by atoms with van der Waals surface area (Å²) in [6.45, 7) is 1.32. The first-order valence-electron chi connectivity index (χ1n) is 3.99. The topological polar surface area (TPSA) is 63.6 Å². The monoisotopic (exact) mass is 194 g/mol. The Labute approximate surface area is 81.1 Å². The van der Waals surface area contributed by atoms with Crippen LogP contribution in [0.2, 0.25) is 0 Å². The van der Waals surface area contributed by atoms with E-state index in [1.54, 1.807) is 0 Å². The summed E-state index contributed by atoms with van der Waals surface area (Å²) in [7, 11) is 1.21. The summed E-state index contributed by atoms with van der Waals surface area (Å²) in [4.78, 5) is 22.1. The number of hydrogen-bond acceptors (Lipinski definition) is 4. The molecule has 0 aromatic heterocycles. The standard InChI is InChI=1S/C10H10O4/c1-6(11)7-4-3-5-8(9(7)12)10(13)14-2/h3-5,12H,1-2H3. The predicted molar refractivity (Wildman–Crippen MR) is 49.5 cm³/mol. The lowest BCUT2D eigenvalue weighted by molar-refractivity contribution is 0.0597. The summed E-state index contributed by atoms with van der Waals surface area (Å²) in [5.41, 5.74) is 0.119. The highest BCUT2D eigenvalue weighted by Gasteiger charge is 2.16. The van der Waals surface area contributed by atoms with E-state index in [0.717, 1.165) is 0 Å². The number of ether oxygens (including phenoxy) is 1. The fraction of sp³-hybridized carbons (Fsp3) is 0.200. The highest BCUT2D eigenvalue weighted by atomic mass is 16.5. The minimum atomic E-state index is -0.661. The van der Waals surface area contributed by atoms with Crippen LogP contribution in [0.1, 0.15) is 27.6 Å². The lowest BCUT2D eigenvalue weighted by Crippen LogP contribution is -2.04. The summed E-state index contributed by atoms with van der Waals surface area (Å²) < 4.78 is 4.44. The first kappa shape index (κ1) is 10.2. The van der Waals surface area contributed by atoms with Gasteiger partial charge in [-0.05, 0) is 19.1 Å². The number of rotatable bonds is 2. The molecule has 0 spiro atoms. The molecule has 4 heteroatoms. The zero-order valence-electron chi connectivity index (χ0n) is 7.90. The van der Waals surface area contributed by atoms with Gasteiger partial charge in [0.25, 0.3) is 0 Å². The van der Waals surface area contributed by atoms with E-state index in [0.29, 0.717) is 0 Å². The van der Waals surface area contributed by atoms with Crippen LogP contribution in [0.3, 0.4) is 0 Å². The van der Waals surface area contributed by atoms with E-state index in [4.69, 9.17) is 0 Å². The third-order valence-corrected chi connectivity index (χ3v) is 1.82. The van der Waals surface area contributed by atoms with Crippen molar-refractivity contribution < 1.29 is 19.4 Å². The maximum absolute atomic E-state index is 11.1. The maximum Gasteiger partial charge on any atom is 0.341 e. The lowest BCUT2D eigenvalue weighted by atomic mass is 10.1. The Morgan fingerprint density at radius 1 is 1.29 bits per heavy atom. The Balaban J connectivity index is 3.27. The number of phenolic OH excluding ortho intramolecular Hbond substituents is 1.